The van der Waals surface area contributed by atoms with E-state index in [0.717, 1.165) is 5.56 Å². The summed E-state index contributed by atoms with van der Waals surface area (Å²) in [5.74, 6) is 0.445. The maximum Gasteiger partial charge on any atom is 0.230 e. The van der Waals surface area contributed by atoms with Crippen LogP contribution in [0.5, 0.6) is 0 Å². The maximum absolute atomic E-state index is 13.6. The second-order valence-electron chi connectivity index (χ2n) is 5.83. The van der Waals surface area contributed by atoms with E-state index in [1.165, 1.54) is 17.8 Å². The summed E-state index contributed by atoms with van der Waals surface area (Å²) in [4.78, 5) is 12.0. The van der Waals surface area contributed by atoms with E-state index in [4.69, 9.17) is 11.6 Å². The largest absolute Gasteiger partial charge is 0.355 e. The molecular formula is C19H18ClFN4OS. The van der Waals surface area contributed by atoms with Crippen LogP contribution in [0, 0.1) is 5.82 Å². The fourth-order valence-corrected chi connectivity index (χ4v) is 3.50. The van der Waals surface area contributed by atoms with Crippen LogP contribution in [-0.4, -0.2) is 33.0 Å². The maximum atomic E-state index is 13.6. The molecule has 0 saturated heterocycles. The number of hydrogen-bond acceptors (Lipinski definition) is 4. The first-order valence-electron chi connectivity index (χ1n) is 8.33. The van der Waals surface area contributed by atoms with Gasteiger partial charge in [-0.15, -0.1) is 10.2 Å². The quantitative estimate of drug-likeness (QED) is 0.609. The first-order valence-corrected chi connectivity index (χ1v) is 9.70. The third-order valence-electron chi connectivity index (χ3n) is 3.96. The molecule has 3 aromatic rings. The molecule has 8 heteroatoms. The van der Waals surface area contributed by atoms with Crippen LogP contribution in [0.2, 0.25) is 5.02 Å². The summed E-state index contributed by atoms with van der Waals surface area (Å²) in [5, 5.41) is 12.3. The number of thioether (sulfide) groups is 1. The van der Waals surface area contributed by atoms with Crippen LogP contribution in [0.3, 0.4) is 0 Å². The molecule has 0 unspecified atom stereocenters. The third-order valence-corrected chi connectivity index (χ3v) is 5.31. The average Bonchev–Trinajstić information content (AvgIpc) is 3.02. The van der Waals surface area contributed by atoms with E-state index in [2.05, 4.69) is 15.5 Å². The number of aromatic nitrogens is 3. The Hall–Kier alpha value is -2.38. The van der Waals surface area contributed by atoms with Gasteiger partial charge in [-0.25, -0.2) is 4.39 Å². The van der Waals surface area contributed by atoms with Gasteiger partial charge in [0.25, 0.3) is 0 Å². The van der Waals surface area contributed by atoms with Crippen molar-refractivity contribution in [3.63, 3.8) is 0 Å². The van der Waals surface area contributed by atoms with Crippen molar-refractivity contribution in [2.24, 2.45) is 7.05 Å². The van der Waals surface area contributed by atoms with Gasteiger partial charge in [0.2, 0.25) is 5.91 Å². The van der Waals surface area contributed by atoms with Gasteiger partial charge < -0.3 is 9.88 Å². The summed E-state index contributed by atoms with van der Waals surface area (Å²) in [7, 11) is 1.83. The molecular weight excluding hydrogens is 387 g/mol. The predicted molar refractivity (Wildman–Crippen MR) is 105 cm³/mol. The van der Waals surface area contributed by atoms with E-state index in [1.54, 1.807) is 28.8 Å². The first-order chi connectivity index (χ1) is 13.1. The van der Waals surface area contributed by atoms with Crippen molar-refractivity contribution >= 4 is 29.3 Å². The Balaban J connectivity index is 1.52. The SMILES string of the molecule is Cn1c(SCC(=O)NCCc2ccccc2F)nnc1-c1ccccc1Cl. The number of benzene rings is 2. The van der Waals surface area contributed by atoms with Crippen LogP contribution in [-0.2, 0) is 18.3 Å². The van der Waals surface area contributed by atoms with E-state index < -0.39 is 0 Å². The number of hydrogen-bond donors (Lipinski definition) is 1. The number of carbonyl (C=O) groups excluding carboxylic acids is 1. The summed E-state index contributed by atoms with van der Waals surface area (Å²) < 4.78 is 15.4. The molecule has 0 saturated carbocycles. The van der Waals surface area contributed by atoms with Crippen molar-refractivity contribution in [2.45, 2.75) is 11.6 Å². The standard InChI is InChI=1S/C19H18ClFN4OS/c1-25-18(14-7-3-4-8-15(14)20)23-24-19(25)27-12-17(26)22-11-10-13-6-2-5-9-16(13)21/h2-9H,10-12H2,1H3,(H,22,26). The predicted octanol–water partition coefficient (Wildman–Crippen LogP) is 3.73. The molecule has 1 aromatic heterocycles. The van der Waals surface area contributed by atoms with E-state index in [9.17, 15) is 9.18 Å². The molecule has 0 aliphatic heterocycles. The molecule has 1 N–H and O–H groups in total. The number of rotatable bonds is 7. The number of carbonyl (C=O) groups is 1. The number of amides is 1. The van der Waals surface area contributed by atoms with Crippen molar-refractivity contribution < 1.29 is 9.18 Å². The van der Waals surface area contributed by atoms with Crippen LogP contribution < -0.4 is 5.32 Å². The summed E-state index contributed by atoms with van der Waals surface area (Å²) >= 11 is 7.49. The van der Waals surface area contributed by atoms with Crippen LogP contribution in [0.4, 0.5) is 4.39 Å². The lowest BCUT2D eigenvalue weighted by atomic mass is 10.1. The topological polar surface area (TPSA) is 59.8 Å². The summed E-state index contributed by atoms with van der Waals surface area (Å²) in [6.45, 7) is 0.379. The molecule has 0 aliphatic carbocycles. The minimum Gasteiger partial charge on any atom is -0.355 e. The zero-order chi connectivity index (χ0) is 19.2. The molecule has 140 valence electrons. The van der Waals surface area contributed by atoms with Crippen molar-refractivity contribution in [3.8, 4) is 11.4 Å². The van der Waals surface area contributed by atoms with Gasteiger partial charge in [0.15, 0.2) is 11.0 Å². The Labute approximate surface area is 166 Å². The first kappa shape index (κ1) is 19.4. The van der Waals surface area contributed by atoms with Crippen molar-refractivity contribution in [1.82, 2.24) is 20.1 Å². The Morgan fingerprint density at radius 2 is 1.93 bits per heavy atom. The van der Waals surface area contributed by atoms with Crippen LogP contribution >= 0.6 is 23.4 Å². The van der Waals surface area contributed by atoms with Crippen molar-refractivity contribution in [3.05, 3.63) is 64.9 Å². The average molecular weight is 405 g/mol. The highest BCUT2D eigenvalue weighted by Gasteiger charge is 2.14. The molecule has 0 fully saturated rings. The third kappa shape index (κ3) is 4.87. The van der Waals surface area contributed by atoms with Gasteiger partial charge in [0.05, 0.1) is 10.8 Å². The molecule has 2 aromatic carbocycles. The van der Waals surface area contributed by atoms with Crippen LogP contribution in [0.1, 0.15) is 5.56 Å². The zero-order valence-electron chi connectivity index (χ0n) is 14.7. The number of nitrogens with zero attached hydrogens (tertiary/aromatic N) is 3. The normalized spacial score (nSPS) is 10.8. The fraction of sp³-hybridized carbons (Fsp3) is 0.211. The number of nitrogens with one attached hydrogen (secondary N) is 1. The molecule has 0 atom stereocenters. The van der Waals surface area contributed by atoms with Gasteiger partial charge in [-0.1, -0.05) is 53.7 Å². The molecule has 27 heavy (non-hydrogen) atoms. The fourth-order valence-electron chi connectivity index (χ4n) is 2.54. The Kier molecular flexibility index (Phi) is 6.47. The summed E-state index contributed by atoms with van der Waals surface area (Å²) in [6, 6.07) is 13.9. The van der Waals surface area contributed by atoms with Gasteiger partial charge >= 0.3 is 0 Å². The molecule has 5 nitrogen and oxygen atoms in total. The summed E-state index contributed by atoms with van der Waals surface area (Å²) in [6.07, 6.45) is 0.448. The second-order valence-corrected chi connectivity index (χ2v) is 7.17. The van der Waals surface area contributed by atoms with Crippen molar-refractivity contribution in [1.29, 1.82) is 0 Å². The Bertz CT molecular complexity index is 947. The van der Waals surface area contributed by atoms with E-state index in [-0.39, 0.29) is 17.5 Å². The van der Waals surface area contributed by atoms with Crippen LogP contribution in [0.15, 0.2) is 53.7 Å². The lowest BCUT2D eigenvalue weighted by Gasteiger charge is -2.07. The highest BCUT2D eigenvalue weighted by molar-refractivity contribution is 7.99. The van der Waals surface area contributed by atoms with Gasteiger partial charge in [0, 0.05) is 19.2 Å². The molecule has 0 bridgehead atoms. The minimum atomic E-state index is -0.257. The molecule has 0 spiro atoms. The highest BCUT2D eigenvalue weighted by atomic mass is 35.5. The Morgan fingerprint density at radius 1 is 1.19 bits per heavy atom. The van der Waals surface area contributed by atoms with E-state index >= 15 is 0 Å². The van der Waals surface area contributed by atoms with E-state index in [0.29, 0.717) is 34.5 Å². The zero-order valence-corrected chi connectivity index (χ0v) is 16.2. The monoisotopic (exact) mass is 404 g/mol. The van der Waals surface area contributed by atoms with Crippen LogP contribution in [0.25, 0.3) is 11.4 Å². The van der Waals surface area contributed by atoms with Gasteiger partial charge in [-0.2, -0.15) is 0 Å². The van der Waals surface area contributed by atoms with Gasteiger partial charge in [-0.3, -0.25) is 4.79 Å². The molecule has 0 radical (unpaired) electrons. The van der Waals surface area contributed by atoms with E-state index in [1.807, 2.05) is 25.2 Å². The van der Waals surface area contributed by atoms with Gasteiger partial charge in [-0.05, 0) is 30.2 Å². The number of halogens is 2. The molecule has 1 amide bonds. The van der Waals surface area contributed by atoms with Crippen molar-refractivity contribution in [2.75, 3.05) is 12.3 Å². The molecule has 1 heterocycles. The molecule has 0 aliphatic rings. The smallest absolute Gasteiger partial charge is 0.230 e. The minimum absolute atomic E-state index is 0.140. The second kappa shape index (κ2) is 9.01. The summed E-state index contributed by atoms with van der Waals surface area (Å²) in [5.41, 5.74) is 1.37. The molecule has 3 rings (SSSR count). The van der Waals surface area contributed by atoms with Gasteiger partial charge in [0.1, 0.15) is 5.82 Å². The lowest BCUT2D eigenvalue weighted by molar-refractivity contribution is -0.118. The Morgan fingerprint density at radius 3 is 2.70 bits per heavy atom. The lowest BCUT2D eigenvalue weighted by Crippen LogP contribution is -2.27. The highest BCUT2D eigenvalue weighted by Crippen LogP contribution is 2.28.